The zero-order valence-corrected chi connectivity index (χ0v) is 10.8. The van der Waals surface area contributed by atoms with Gasteiger partial charge >= 0.3 is 0 Å². The van der Waals surface area contributed by atoms with Gasteiger partial charge in [-0.05, 0) is 36.8 Å². The predicted octanol–water partition coefficient (Wildman–Crippen LogP) is 2.96. The highest BCUT2D eigenvalue weighted by molar-refractivity contribution is 5.52. The zero-order valence-electron chi connectivity index (χ0n) is 10.8. The fraction of sp³-hybridized carbons (Fsp3) is 0.200. The number of nitrogens with one attached hydrogen (secondary N) is 1. The first-order valence-corrected chi connectivity index (χ1v) is 6.14. The molecule has 0 radical (unpaired) electrons. The molecule has 0 aliphatic heterocycles. The summed E-state index contributed by atoms with van der Waals surface area (Å²) >= 11 is 0. The average molecular weight is 253 g/mol. The topological polar surface area (TPSA) is 57.9 Å². The van der Waals surface area contributed by atoms with Crippen LogP contribution in [0.25, 0.3) is 0 Å². The van der Waals surface area contributed by atoms with E-state index in [1.165, 1.54) is 0 Å². The van der Waals surface area contributed by atoms with Gasteiger partial charge in [0.1, 0.15) is 0 Å². The van der Waals surface area contributed by atoms with Crippen LogP contribution in [-0.4, -0.2) is 11.6 Å². The second-order valence-electron chi connectivity index (χ2n) is 3.95. The molecule has 0 saturated carbocycles. The van der Waals surface area contributed by atoms with Gasteiger partial charge in [-0.3, -0.25) is 0 Å². The summed E-state index contributed by atoms with van der Waals surface area (Å²) < 4.78 is 5.44. The van der Waals surface area contributed by atoms with Crippen molar-refractivity contribution in [2.75, 3.05) is 11.9 Å². The Hall–Kier alpha value is -2.54. The number of benzene rings is 1. The molecule has 0 atom stereocenters. The molecule has 4 heteroatoms. The Kier molecular flexibility index (Phi) is 4.35. The van der Waals surface area contributed by atoms with Gasteiger partial charge in [-0.15, -0.1) is 0 Å². The van der Waals surface area contributed by atoms with Crippen LogP contribution in [0.5, 0.6) is 5.88 Å². The van der Waals surface area contributed by atoms with Gasteiger partial charge in [0.05, 0.1) is 23.9 Å². The van der Waals surface area contributed by atoms with Gasteiger partial charge in [0.15, 0.2) is 0 Å². The van der Waals surface area contributed by atoms with Crippen molar-refractivity contribution in [1.29, 1.82) is 5.26 Å². The van der Waals surface area contributed by atoms with Crippen LogP contribution in [0.4, 0.5) is 5.69 Å². The summed E-state index contributed by atoms with van der Waals surface area (Å²) in [7, 11) is 0. The first-order chi connectivity index (χ1) is 9.33. The molecular weight excluding hydrogens is 238 g/mol. The van der Waals surface area contributed by atoms with E-state index in [2.05, 4.69) is 16.4 Å². The Balaban J connectivity index is 2.08. The number of anilines is 1. The fourth-order valence-electron chi connectivity index (χ4n) is 1.73. The van der Waals surface area contributed by atoms with Crippen LogP contribution in [0, 0.1) is 11.3 Å². The van der Waals surface area contributed by atoms with Crippen molar-refractivity contribution < 1.29 is 4.74 Å². The summed E-state index contributed by atoms with van der Waals surface area (Å²) in [6.45, 7) is 3.13. The number of nitrogens with zero attached hydrogens (tertiary/aromatic N) is 2. The molecule has 2 aromatic rings. The van der Waals surface area contributed by atoms with Crippen molar-refractivity contribution in [1.82, 2.24) is 4.98 Å². The van der Waals surface area contributed by atoms with Crippen LogP contribution in [0.3, 0.4) is 0 Å². The average Bonchev–Trinajstić information content (AvgIpc) is 2.47. The molecule has 0 aliphatic carbocycles. The monoisotopic (exact) mass is 253 g/mol. The van der Waals surface area contributed by atoms with Gasteiger partial charge in [-0.1, -0.05) is 12.1 Å². The van der Waals surface area contributed by atoms with Gasteiger partial charge in [0.25, 0.3) is 0 Å². The van der Waals surface area contributed by atoms with E-state index in [1.807, 2.05) is 37.3 Å². The second-order valence-corrected chi connectivity index (χ2v) is 3.95. The molecule has 0 unspecified atom stereocenters. The van der Waals surface area contributed by atoms with Gasteiger partial charge in [-0.25, -0.2) is 4.98 Å². The second kappa shape index (κ2) is 6.41. The minimum absolute atomic E-state index is 0.579. The van der Waals surface area contributed by atoms with E-state index in [9.17, 15) is 0 Å². The van der Waals surface area contributed by atoms with E-state index in [4.69, 9.17) is 10.00 Å². The molecule has 0 spiro atoms. The Bertz CT molecular complexity index is 590. The lowest BCUT2D eigenvalue weighted by Gasteiger charge is -2.11. The van der Waals surface area contributed by atoms with Crippen molar-refractivity contribution in [3.63, 3.8) is 0 Å². The number of aromatic nitrogens is 1. The number of rotatable bonds is 5. The molecule has 1 aromatic carbocycles. The van der Waals surface area contributed by atoms with E-state index < -0.39 is 0 Å². The highest BCUT2D eigenvalue weighted by Crippen LogP contribution is 2.21. The van der Waals surface area contributed by atoms with Crippen LogP contribution < -0.4 is 10.1 Å². The number of pyridine rings is 1. The zero-order chi connectivity index (χ0) is 13.5. The Labute approximate surface area is 112 Å². The standard InChI is InChI=1S/C15H15N3O/c1-2-19-15-14(7-4-8-17-15)18-11-13-6-3-5-12(9-13)10-16/h3-9,18H,2,11H2,1H3. The number of nitriles is 1. The maximum atomic E-state index is 8.86. The van der Waals surface area contributed by atoms with Gasteiger partial charge in [-0.2, -0.15) is 5.26 Å². The predicted molar refractivity (Wildman–Crippen MR) is 73.9 cm³/mol. The first-order valence-electron chi connectivity index (χ1n) is 6.14. The number of hydrogen-bond acceptors (Lipinski definition) is 4. The molecule has 4 nitrogen and oxygen atoms in total. The number of ether oxygens (including phenoxy) is 1. The van der Waals surface area contributed by atoms with E-state index in [0.29, 0.717) is 24.6 Å². The van der Waals surface area contributed by atoms with Crippen molar-refractivity contribution >= 4 is 5.69 Å². The summed E-state index contributed by atoms with van der Waals surface area (Å²) in [6, 6.07) is 13.4. The third-order valence-electron chi connectivity index (χ3n) is 2.59. The van der Waals surface area contributed by atoms with Crippen molar-refractivity contribution in [2.45, 2.75) is 13.5 Å². The Morgan fingerprint density at radius 3 is 3.00 bits per heavy atom. The Morgan fingerprint density at radius 1 is 1.32 bits per heavy atom. The van der Waals surface area contributed by atoms with Gasteiger partial charge in [0, 0.05) is 12.7 Å². The highest BCUT2D eigenvalue weighted by Gasteiger charge is 2.03. The van der Waals surface area contributed by atoms with Crippen molar-refractivity contribution in [3.05, 3.63) is 53.7 Å². The van der Waals surface area contributed by atoms with E-state index in [-0.39, 0.29) is 0 Å². The van der Waals surface area contributed by atoms with Crippen LogP contribution in [0.1, 0.15) is 18.1 Å². The molecule has 2 rings (SSSR count). The van der Waals surface area contributed by atoms with Crippen LogP contribution >= 0.6 is 0 Å². The first kappa shape index (κ1) is 12.9. The lowest BCUT2D eigenvalue weighted by Crippen LogP contribution is -2.04. The maximum absolute atomic E-state index is 8.86. The molecule has 0 amide bonds. The quantitative estimate of drug-likeness (QED) is 0.890. The Morgan fingerprint density at radius 2 is 2.21 bits per heavy atom. The van der Waals surface area contributed by atoms with Gasteiger partial charge in [0.2, 0.25) is 5.88 Å². The lowest BCUT2D eigenvalue weighted by molar-refractivity contribution is 0.328. The number of hydrogen-bond donors (Lipinski definition) is 1. The van der Waals surface area contributed by atoms with Gasteiger partial charge < -0.3 is 10.1 Å². The largest absolute Gasteiger partial charge is 0.476 e. The van der Waals surface area contributed by atoms with E-state index in [0.717, 1.165) is 11.3 Å². The molecule has 1 N–H and O–H groups in total. The van der Waals surface area contributed by atoms with Crippen molar-refractivity contribution in [3.8, 4) is 11.9 Å². The summed E-state index contributed by atoms with van der Waals surface area (Å²) in [5, 5.41) is 12.1. The normalized spacial score (nSPS) is 9.68. The molecule has 1 heterocycles. The third-order valence-corrected chi connectivity index (χ3v) is 2.59. The molecular formula is C15H15N3O. The van der Waals surface area contributed by atoms with Crippen molar-refractivity contribution in [2.24, 2.45) is 0 Å². The molecule has 96 valence electrons. The molecule has 0 aliphatic rings. The highest BCUT2D eigenvalue weighted by atomic mass is 16.5. The van der Waals surface area contributed by atoms with E-state index in [1.54, 1.807) is 12.3 Å². The fourth-order valence-corrected chi connectivity index (χ4v) is 1.73. The van der Waals surface area contributed by atoms with E-state index >= 15 is 0 Å². The lowest BCUT2D eigenvalue weighted by atomic mass is 10.1. The van der Waals surface area contributed by atoms with Crippen LogP contribution in [-0.2, 0) is 6.54 Å². The third kappa shape index (κ3) is 3.46. The summed E-state index contributed by atoms with van der Waals surface area (Å²) in [6.07, 6.45) is 1.70. The SMILES string of the molecule is CCOc1ncccc1NCc1cccc(C#N)c1. The van der Waals surface area contributed by atoms with Crippen LogP contribution in [0.2, 0.25) is 0 Å². The summed E-state index contributed by atoms with van der Waals surface area (Å²) in [5.74, 6) is 0.599. The maximum Gasteiger partial charge on any atom is 0.237 e. The molecule has 1 aromatic heterocycles. The molecule has 19 heavy (non-hydrogen) atoms. The minimum Gasteiger partial charge on any atom is -0.476 e. The molecule has 0 fully saturated rings. The van der Waals surface area contributed by atoms with Crippen LogP contribution in [0.15, 0.2) is 42.6 Å². The summed E-state index contributed by atoms with van der Waals surface area (Å²) in [5.41, 5.74) is 2.56. The molecule has 0 bridgehead atoms. The smallest absolute Gasteiger partial charge is 0.237 e. The summed E-state index contributed by atoms with van der Waals surface area (Å²) in [4.78, 5) is 4.18. The minimum atomic E-state index is 0.579. The molecule has 0 saturated heterocycles.